The molecule has 0 bridgehead atoms. The van der Waals surface area contributed by atoms with E-state index >= 15 is 0 Å². The van der Waals surface area contributed by atoms with Gasteiger partial charge in [0.2, 0.25) is 0 Å². The van der Waals surface area contributed by atoms with E-state index in [2.05, 4.69) is 27.2 Å². The van der Waals surface area contributed by atoms with Crippen LogP contribution >= 0.6 is 11.8 Å². The number of hydrogen-bond acceptors (Lipinski definition) is 8. The average molecular weight is 338 g/mol. The lowest BCUT2D eigenvalue weighted by atomic mass is 10.2. The van der Waals surface area contributed by atoms with E-state index in [1.54, 1.807) is 11.8 Å². The molecular weight excluding hydrogens is 316 g/mol. The van der Waals surface area contributed by atoms with Crippen molar-refractivity contribution >= 4 is 28.7 Å². The number of aliphatic hydroxyl groups excluding tert-OH is 1. The van der Waals surface area contributed by atoms with Crippen LogP contribution in [-0.4, -0.2) is 55.1 Å². The predicted octanol–water partition coefficient (Wildman–Crippen LogP) is 1.41. The maximum absolute atomic E-state index is 8.86. The van der Waals surface area contributed by atoms with E-state index in [1.165, 1.54) is 0 Å². The maximum atomic E-state index is 8.86. The molecule has 0 spiro atoms. The smallest absolute Gasteiger partial charge is 0.191 e. The van der Waals surface area contributed by atoms with E-state index in [4.69, 9.17) is 15.6 Å². The van der Waals surface area contributed by atoms with Crippen LogP contribution in [0.25, 0.3) is 11.2 Å². The molecule has 2 aromatic heterocycles. The minimum Gasteiger partial charge on any atom is -0.394 e. The molecule has 1 fully saturated rings. The quantitative estimate of drug-likeness (QED) is 0.575. The number of rotatable bonds is 7. The van der Waals surface area contributed by atoms with Gasteiger partial charge in [-0.25, -0.2) is 14.6 Å². The van der Waals surface area contributed by atoms with E-state index in [0.717, 1.165) is 31.4 Å². The zero-order valence-electron chi connectivity index (χ0n) is 13.2. The summed E-state index contributed by atoms with van der Waals surface area (Å²) in [4.78, 5) is 8.89. The summed E-state index contributed by atoms with van der Waals surface area (Å²) in [5.74, 6) is 1.33. The highest BCUT2D eigenvalue weighted by Gasteiger charge is 2.29. The molecule has 126 valence electrons. The zero-order valence-corrected chi connectivity index (χ0v) is 14.0. The Bertz CT molecular complexity index is 664. The fourth-order valence-electron chi connectivity index (χ4n) is 2.84. The van der Waals surface area contributed by atoms with Crippen LogP contribution in [0.4, 0.5) is 5.82 Å². The van der Waals surface area contributed by atoms with Gasteiger partial charge in [-0.3, -0.25) is 0 Å². The van der Waals surface area contributed by atoms with Crippen LogP contribution in [0, 0.1) is 0 Å². The Hall–Kier alpha value is -1.45. The van der Waals surface area contributed by atoms with Crippen LogP contribution in [0.5, 0.6) is 0 Å². The van der Waals surface area contributed by atoms with Gasteiger partial charge in [0.15, 0.2) is 22.1 Å². The van der Waals surface area contributed by atoms with Gasteiger partial charge in [0.1, 0.15) is 0 Å². The zero-order chi connectivity index (χ0) is 16.2. The van der Waals surface area contributed by atoms with Crippen LogP contribution in [0.3, 0.4) is 0 Å². The molecule has 1 aliphatic rings. The Labute approximate surface area is 138 Å². The first-order valence-electron chi connectivity index (χ1n) is 7.96. The molecular formula is C14H22N6O2S. The monoisotopic (exact) mass is 338 g/mol. The summed E-state index contributed by atoms with van der Waals surface area (Å²) in [6.07, 6.45) is 3.95. The second-order valence-corrected chi connectivity index (χ2v) is 6.69. The largest absolute Gasteiger partial charge is 0.394 e. The van der Waals surface area contributed by atoms with Crippen LogP contribution in [0.1, 0.15) is 38.6 Å². The lowest BCUT2D eigenvalue weighted by Gasteiger charge is -2.12. The molecule has 1 aliphatic carbocycles. The number of aromatic nitrogens is 5. The summed E-state index contributed by atoms with van der Waals surface area (Å²) in [5.41, 5.74) is 7.26. The summed E-state index contributed by atoms with van der Waals surface area (Å²) < 4.78 is 7.47. The van der Waals surface area contributed by atoms with Crippen molar-refractivity contribution in [2.75, 3.05) is 24.7 Å². The Morgan fingerprint density at radius 3 is 3.04 bits per heavy atom. The van der Waals surface area contributed by atoms with Crippen molar-refractivity contribution in [3.05, 3.63) is 0 Å². The molecule has 2 atom stereocenters. The molecule has 0 radical (unpaired) electrons. The lowest BCUT2D eigenvalue weighted by Crippen LogP contribution is -2.14. The minimum atomic E-state index is 0.0508. The summed E-state index contributed by atoms with van der Waals surface area (Å²) in [5, 5.41) is 17.9. The number of hydrogen-bond donors (Lipinski definition) is 2. The van der Waals surface area contributed by atoms with Crippen LogP contribution in [-0.2, 0) is 4.74 Å². The van der Waals surface area contributed by atoms with Crippen molar-refractivity contribution in [2.45, 2.75) is 49.9 Å². The third-order valence-corrected chi connectivity index (χ3v) is 4.97. The Kier molecular flexibility index (Phi) is 5.29. The van der Waals surface area contributed by atoms with Gasteiger partial charge in [-0.1, -0.05) is 23.9 Å². The first-order chi connectivity index (χ1) is 11.2. The lowest BCUT2D eigenvalue weighted by molar-refractivity contribution is 0.0309. The number of nitrogens with zero attached hydrogens (tertiary/aromatic N) is 5. The van der Waals surface area contributed by atoms with Crippen molar-refractivity contribution in [1.29, 1.82) is 0 Å². The van der Waals surface area contributed by atoms with Crippen molar-refractivity contribution in [3.8, 4) is 0 Å². The Morgan fingerprint density at radius 1 is 1.39 bits per heavy atom. The number of ether oxygens (including phenoxy) is 1. The molecule has 0 saturated heterocycles. The second-order valence-electron chi connectivity index (χ2n) is 5.63. The molecule has 9 heteroatoms. The number of nitrogens with two attached hydrogens (primary N) is 1. The summed E-state index contributed by atoms with van der Waals surface area (Å²) in [7, 11) is 0. The molecule has 3 N–H and O–H groups in total. The summed E-state index contributed by atoms with van der Waals surface area (Å²) in [6.45, 7) is 2.54. The number of thioether (sulfide) groups is 1. The van der Waals surface area contributed by atoms with E-state index in [-0.39, 0.29) is 18.8 Å². The number of nitrogen functional groups attached to an aromatic ring is 1. The normalized spacial score (nSPS) is 21.3. The van der Waals surface area contributed by atoms with Gasteiger partial charge in [-0.15, -0.1) is 5.10 Å². The molecule has 8 nitrogen and oxygen atoms in total. The third kappa shape index (κ3) is 3.56. The van der Waals surface area contributed by atoms with Gasteiger partial charge in [-0.05, 0) is 25.7 Å². The van der Waals surface area contributed by atoms with Crippen LogP contribution < -0.4 is 5.73 Å². The SMILES string of the molecule is CCCSc1nc(N)c2nnn(C3CCC(OCCO)C3)c2n1. The van der Waals surface area contributed by atoms with Crippen molar-refractivity contribution < 1.29 is 9.84 Å². The molecule has 23 heavy (non-hydrogen) atoms. The molecule has 2 aromatic rings. The van der Waals surface area contributed by atoms with E-state index < -0.39 is 0 Å². The third-order valence-electron chi connectivity index (χ3n) is 3.91. The van der Waals surface area contributed by atoms with Gasteiger partial charge in [0.25, 0.3) is 0 Å². The van der Waals surface area contributed by atoms with Crippen LogP contribution in [0.2, 0.25) is 0 Å². The molecule has 3 rings (SSSR count). The van der Waals surface area contributed by atoms with E-state index in [9.17, 15) is 0 Å². The molecule has 0 amide bonds. The highest BCUT2D eigenvalue weighted by Crippen LogP contribution is 2.33. The number of fused-ring (bicyclic) bond motifs is 1. The minimum absolute atomic E-state index is 0.0508. The first kappa shape index (κ1) is 16.4. The average Bonchev–Trinajstić information content (AvgIpc) is 3.17. The van der Waals surface area contributed by atoms with Gasteiger partial charge < -0.3 is 15.6 Å². The number of anilines is 1. The van der Waals surface area contributed by atoms with E-state index in [0.29, 0.717) is 28.7 Å². The second kappa shape index (κ2) is 7.41. The molecule has 0 aromatic carbocycles. The van der Waals surface area contributed by atoms with Crippen molar-refractivity contribution in [2.24, 2.45) is 0 Å². The van der Waals surface area contributed by atoms with Crippen molar-refractivity contribution in [1.82, 2.24) is 25.0 Å². The van der Waals surface area contributed by atoms with Crippen LogP contribution in [0.15, 0.2) is 5.16 Å². The fourth-order valence-corrected chi connectivity index (χ4v) is 3.54. The highest BCUT2D eigenvalue weighted by molar-refractivity contribution is 7.99. The van der Waals surface area contributed by atoms with Gasteiger partial charge in [0, 0.05) is 5.75 Å². The maximum Gasteiger partial charge on any atom is 0.191 e. The molecule has 2 unspecified atom stereocenters. The fraction of sp³-hybridized carbons (Fsp3) is 0.714. The Morgan fingerprint density at radius 2 is 2.26 bits per heavy atom. The topological polar surface area (TPSA) is 112 Å². The highest BCUT2D eigenvalue weighted by atomic mass is 32.2. The molecule has 1 saturated carbocycles. The van der Waals surface area contributed by atoms with Gasteiger partial charge >= 0.3 is 0 Å². The van der Waals surface area contributed by atoms with Gasteiger partial charge in [0.05, 0.1) is 25.4 Å². The number of aliphatic hydroxyl groups is 1. The molecule has 2 heterocycles. The molecule has 0 aliphatic heterocycles. The Balaban J connectivity index is 1.82. The summed E-state index contributed by atoms with van der Waals surface area (Å²) in [6, 6.07) is 0.196. The summed E-state index contributed by atoms with van der Waals surface area (Å²) >= 11 is 1.59. The standard InChI is InChI=1S/C14H22N6O2S/c1-2-7-23-14-16-12(15)11-13(17-14)20(19-18-11)9-3-4-10(8-9)22-6-5-21/h9-10,21H,2-8H2,1H3,(H2,15,16,17). The van der Waals surface area contributed by atoms with Gasteiger partial charge in [-0.2, -0.15) is 0 Å². The van der Waals surface area contributed by atoms with Crippen molar-refractivity contribution in [3.63, 3.8) is 0 Å². The van der Waals surface area contributed by atoms with E-state index in [1.807, 2.05) is 4.68 Å². The predicted molar refractivity (Wildman–Crippen MR) is 88.3 cm³/mol. The first-order valence-corrected chi connectivity index (χ1v) is 8.95.